The van der Waals surface area contributed by atoms with Gasteiger partial charge in [-0.1, -0.05) is 13.3 Å². The van der Waals surface area contributed by atoms with Crippen LogP contribution in [-0.4, -0.2) is 42.4 Å². The molecule has 1 heterocycles. The summed E-state index contributed by atoms with van der Waals surface area (Å²) in [5, 5.41) is 2.90. The number of carbonyl (C=O) groups excluding carboxylic acids is 2. The first-order chi connectivity index (χ1) is 8.99. The van der Waals surface area contributed by atoms with Crippen molar-refractivity contribution in [1.82, 2.24) is 10.2 Å². The van der Waals surface area contributed by atoms with Crippen molar-refractivity contribution in [3.05, 3.63) is 0 Å². The zero-order valence-electron chi connectivity index (χ0n) is 11.9. The molecule has 19 heavy (non-hydrogen) atoms. The average molecular weight is 267 g/mol. The smallest absolute Gasteiger partial charge is 0.244 e. The summed E-state index contributed by atoms with van der Waals surface area (Å²) in [6.07, 6.45) is 4.89. The van der Waals surface area contributed by atoms with E-state index >= 15 is 0 Å². The van der Waals surface area contributed by atoms with Crippen molar-refractivity contribution in [3.63, 3.8) is 0 Å². The summed E-state index contributed by atoms with van der Waals surface area (Å²) in [5.74, 6) is 0.344. The number of likely N-dealkylation sites (N-methyl/N-ethyl adjacent to an activating group) is 1. The fourth-order valence-corrected chi connectivity index (χ4v) is 3.19. The van der Waals surface area contributed by atoms with E-state index in [9.17, 15) is 9.59 Å². The molecular weight excluding hydrogens is 242 g/mol. The van der Waals surface area contributed by atoms with Crippen molar-refractivity contribution < 1.29 is 9.59 Å². The molecule has 2 rings (SSSR count). The molecule has 2 aliphatic rings. The molecule has 5 nitrogen and oxygen atoms in total. The SMILES string of the molecule is CC(C(=O)NC1CCN(C)C1=O)C1CCCC(N)C1. The van der Waals surface area contributed by atoms with Crippen LogP contribution in [-0.2, 0) is 9.59 Å². The van der Waals surface area contributed by atoms with Crippen molar-refractivity contribution in [2.75, 3.05) is 13.6 Å². The number of hydrogen-bond donors (Lipinski definition) is 2. The lowest BCUT2D eigenvalue weighted by atomic mass is 9.78. The molecule has 1 saturated heterocycles. The molecule has 0 aromatic rings. The lowest BCUT2D eigenvalue weighted by molar-refractivity contribution is -0.133. The third-order valence-corrected chi connectivity index (χ3v) is 4.62. The van der Waals surface area contributed by atoms with Gasteiger partial charge in [-0.15, -0.1) is 0 Å². The van der Waals surface area contributed by atoms with Crippen LogP contribution in [0, 0.1) is 11.8 Å². The van der Waals surface area contributed by atoms with E-state index in [2.05, 4.69) is 5.32 Å². The topological polar surface area (TPSA) is 75.4 Å². The predicted octanol–water partition coefficient (Wildman–Crippen LogP) is 0.487. The first-order valence-electron chi connectivity index (χ1n) is 7.30. The second-order valence-electron chi connectivity index (χ2n) is 6.09. The highest BCUT2D eigenvalue weighted by molar-refractivity contribution is 5.89. The standard InChI is InChI=1S/C14H25N3O2/c1-9(10-4-3-5-11(15)8-10)13(18)16-12-6-7-17(2)14(12)19/h9-12H,3-8,15H2,1-2H3,(H,16,18). The minimum Gasteiger partial charge on any atom is -0.344 e. The molecule has 108 valence electrons. The quantitative estimate of drug-likeness (QED) is 0.781. The van der Waals surface area contributed by atoms with Gasteiger partial charge in [-0.25, -0.2) is 0 Å². The number of carbonyl (C=O) groups is 2. The highest BCUT2D eigenvalue weighted by Gasteiger charge is 2.34. The Hall–Kier alpha value is -1.10. The zero-order valence-corrected chi connectivity index (χ0v) is 11.9. The maximum absolute atomic E-state index is 12.2. The third-order valence-electron chi connectivity index (χ3n) is 4.62. The first kappa shape index (κ1) is 14.3. The van der Waals surface area contributed by atoms with Gasteiger partial charge in [-0.05, 0) is 31.6 Å². The van der Waals surface area contributed by atoms with Crippen molar-refractivity contribution >= 4 is 11.8 Å². The van der Waals surface area contributed by atoms with E-state index in [0.29, 0.717) is 5.92 Å². The Morgan fingerprint density at radius 1 is 1.42 bits per heavy atom. The maximum atomic E-state index is 12.2. The summed E-state index contributed by atoms with van der Waals surface area (Å²) in [6.45, 7) is 2.69. The van der Waals surface area contributed by atoms with Crippen LogP contribution in [0.5, 0.6) is 0 Å². The van der Waals surface area contributed by atoms with E-state index in [1.165, 1.54) is 0 Å². The zero-order chi connectivity index (χ0) is 14.0. The molecule has 1 saturated carbocycles. The summed E-state index contributed by atoms with van der Waals surface area (Å²) in [6, 6.07) is -0.0922. The van der Waals surface area contributed by atoms with E-state index in [1.807, 2.05) is 6.92 Å². The van der Waals surface area contributed by atoms with Crippen LogP contribution in [0.25, 0.3) is 0 Å². The lowest BCUT2D eigenvalue weighted by Crippen LogP contribution is -2.45. The minimum absolute atomic E-state index is 0.00718. The van der Waals surface area contributed by atoms with Gasteiger partial charge in [0.05, 0.1) is 0 Å². The third kappa shape index (κ3) is 3.26. The van der Waals surface area contributed by atoms with Gasteiger partial charge in [0.25, 0.3) is 0 Å². The number of nitrogens with zero attached hydrogens (tertiary/aromatic N) is 1. The Balaban J connectivity index is 1.87. The molecule has 0 spiro atoms. The van der Waals surface area contributed by atoms with E-state index < -0.39 is 0 Å². The van der Waals surface area contributed by atoms with Crippen molar-refractivity contribution in [1.29, 1.82) is 0 Å². The van der Waals surface area contributed by atoms with Gasteiger partial charge >= 0.3 is 0 Å². The Morgan fingerprint density at radius 3 is 2.74 bits per heavy atom. The number of likely N-dealkylation sites (tertiary alicyclic amines) is 1. The second-order valence-corrected chi connectivity index (χ2v) is 6.09. The number of rotatable bonds is 3. The fourth-order valence-electron chi connectivity index (χ4n) is 3.19. The van der Waals surface area contributed by atoms with Gasteiger partial charge in [-0.3, -0.25) is 9.59 Å². The summed E-state index contributed by atoms with van der Waals surface area (Å²) in [4.78, 5) is 25.7. The normalized spacial score (nSPS) is 33.3. The second kappa shape index (κ2) is 5.90. The lowest BCUT2D eigenvalue weighted by Gasteiger charge is -2.31. The van der Waals surface area contributed by atoms with Crippen LogP contribution in [0.4, 0.5) is 0 Å². The van der Waals surface area contributed by atoms with Gasteiger partial charge in [0, 0.05) is 25.6 Å². The summed E-state index contributed by atoms with van der Waals surface area (Å²) < 4.78 is 0. The van der Waals surface area contributed by atoms with Crippen LogP contribution in [0.1, 0.15) is 39.0 Å². The van der Waals surface area contributed by atoms with E-state index in [0.717, 1.165) is 38.6 Å². The first-order valence-corrected chi connectivity index (χ1v) is 7.30. The van der Waals surface area contributed by atoms with E-state index in [4.69, 9.17) is 5.73 Å². The monoisotopic (exact) mass is 267 g/mol. The van der Waals surface area contributed by atoms with Crippen molar-refractivity contribution in [2.24, 2.45) is 17.6 Å². The predicted molar refractivity (Wildman–Crippen MR) is 73.3 cm³/mol. The van der Waals surface area contributed by atoms with Crippen LogP contribution >= 0.6 is 0 Å². The van der Waals surface area contributed by atoms with Crippen LogP contribution in [0.15, 0.2) is 0 Å². The summed E-state index contributed by atoms with van der Waals surface area (Å²) in [7, 11) is 1.78. The highest BCUT2D eigenvalue weighted by atomic mass is 16.2. The molecule has 4 atom stereocenters. The molecule has 1 aliphatic heterocycles. The molecular formula is C14H25N3O2. The van der Waals surface area contributed by atoms with Crippen LogP contribution in [0.2, 0.25) is 0 Å². The minimum atomic E-state index is -0.322. The molecule has 3 N–H and O–H groups in total. The largest absolute Gasteiger partial charge is 0.344 e. The van der Waals surface area contributed by atoms with Gasteiger partial charge in [0.15, 0.2) is 0 Å². The molecule has 0 radical (unpaired) electrons. The van der Waals surface area contributed by atoms with Crippen LogP contribution < -0.4 is 11.1 Å². The molecule has 2 amide bonds. The number of amides is 2. The van der Waals surface area contributed by atoms with E-state index in [1.54, 1.807) is 11.9 Å². The van der Waals surface area contributed by atoms with Gasteiger partial charge in [0.2, 0.25) is 11.8 Å². The average Bonchev–Trinajstić information content (AvgIpc) is 2.70. The molecule has 5 heteroatoms. The van der Waals surface area contributed by atoms with Crippen LogP contribution in [0.3, 0.4) is 0 Å². The Labute approximate surface area is 114 Å². The molecule has 0 aromatic heterocycles. The fraction of sp³-hybridized carbons (Fsp3) is 0.857. The molecule has 0 aromatic carbocycles. The Morgan fingerprint density at radius 2 is 2.16 bits per heavy atom. The molecule has 0 bridgehead atoms. The summed E-state index contributed by atoms with van der Waals surface area (Å²) >= 11 is 0. The summed E-state index contributed by atoms with van der Waals surface area (Å²) in [5.41, 5.74) is 5.97. The van der Waals surface area contributed by atoms with Gasteiger partial charge in [-0.2, -0.15) is 0 Å². The number of hydrogen-bond acceptors (Lipinski definition) is 3. The highest BCUT2D eigenvalue weighted by Crippen LogP contribution is 2.29. The van der Waals surface area contributed by atoms with Gasteiger partial charge < -0.3 is 16.0 Å². The van der Waals surface area contributed by atoms with Crippen molar-refractivity contribution in [2.45, 2.75) is 51.1 Å². The molecule has 4 unspecified atom stereocenters. The van der Waals surface area contributed by atoms with Crippen molar-refractivity contribution in [3.8, 4) is 0 Å². The molecule has 1 aliphatic carbocycles. The Bertz CT molecular complexity index is 359. The molecule has 2 fully saturated rings. The maximum Gasteiger partial charge on any atom is 0.244 e. The van der Waals surface area contributed by atoms with Gasteiger partial charge in [0.1, 0.15) is 6.04 Å². The Kier molecular flexibility index (Phi) is 4.45. The number of nitrogens with one attached hydrogen (secondary N) is 1. The number of nitrogens with two attached hydrogens (primary N) is 1. The van der Waals surface area contributed by atoms with E-state index in [-0.39, 0.29) is 29.8 Å².